The molecule has 86 valence electrons. The fourth-order valence-corrected chi connectivity index (χ4v) is 4.49. The highest BCUT2D eigenvalue weighted by Crippen LogP contribution is 2.55. The molecule has 0 aliphatic rings. The first kappa shape index (κ1) is 15.1. The minimum atomic E-state index is -2.62. The maximum absolute atomic E-state index is 6.17. The van der Waals surface area contributed by atoms with Crippen molar-refractivity contribution in [2.45, 2.75) is 58.9 Å². The summed E-state index contributed by atoms with van der Waals surface area (Å²) in [6, 6.07) is -2.62. The Balaban J connectivity index is 4.74. The van der Waals surface area contributed by atoms with Crippen molar-refractivity contribution >= 4 is 39.2 Å². The highest BCUT2D eigenvalue weighted by atomic mass is 35.8. The van der Waals surface area contributed by atoms with Crippen molar-refractivity contribution in [1.29, 1.82) is 0 Å². The van der Waals surface area contributed by atoms with E-state index in [9.17, 15) is 0 Å². The molecule has 0 aromatic carbocycles. The lowest BCUT2D eigenvalue weighted by molar-refractivity contribution is 0.271. The molecule has 1 unspecified atom stereocenters. The Morgan fingerprint density at radius 1 is 0.929 bits per heavy atom. The van der Waals surface area contributed by atoms with Gasteiger partial charge in [0.15, 0.2) is 0 Å². The van der Waals surface area contributed by atoms with Crippen LogP contribution in [-0.4, -0.2) is 6.00 Å². The third kappa shape index (κ3) is 3.92. The highest BCUT2D eigenvalue weighted by Gasteiger charge is 2.48. The van der Waals surface area contributed by atoms with Gasteiger partial charge >= 0.3 is 6.00 Å². The molecule has 0 aromatic rings. The Kier molecular flexibility index (Phi) is 5.33. The Morgan fingerprint density at radius 3 is 1.57 bits per heavy atom. The van der Waals surface area contributed by atoms with Crippen molar-refractivity contribution < 1.29 is 0 Å². The number of rotatable bonds is 5. The molecule has 1 atom stereocenters. The van der Waals surface area contributed by atoms with Gasteiger partial charge in [0.2, 0.25) is 0 Å². The van der Waals surface area contributed by atoms with Gasteiger partial charge in [-0.3, -0.25) is 0 Å². The molecule has 0 saturated carbocycles. The van der Waals surface area contributed by atoms with Gasteiger partial charge in [0.25, 0.3) is 0 Å². The van der Waals surface area contributed by atoms with Crippen LogP contribution in [0.3, 0.4) is 0 Å². The van der Waals surface area contributed by atoms with Gasteiger partial charge in [0.1, 0.15) is 0 Å². The molecule has 4 heteroatoms. The van der Waals surface area contributed by atoms with Gasteiger partial charge in [-0.25, -0.2) is 0 Å². The predicted octanol–water partition coefficient (Wildman–Crippen LogP) is 5.64. The molecule has 0 bridgehead atoms. The molecule has 14 heavy (non-hydrogen) atoms. The summed E-state index contributed by atoms with van der Waals surface area (Å²) in [5, 5.41) is -0.100. The van der Waals surface area contributed by atoms with Gasteiger partial charge in [-0.1, -0.05) is 41.0 Å². The van der Waals surface area contributed by atoms with E-state index in [4.69, 9.17) is 33.2 Å². The number of halogens is 3. The molecule has 0 saturated heterocycles. The molecule has 0 amide bonds. The quantitative estimate of drug-likeness (QED) is 0.450. The Hall–Kier alpha value is 1.09. The van der Waals surface area contributed by atoms with Crippen LogP contribution in [0.15, 0.2) is 0 Å². The number of hydrogen-bond acceptors (Lipinski definition) is 0. The average Bonchev–Trinajstić information content (AvgIpc) is 2.01. The van der Waals surface area contributed by atoms with Gasteiger partial charge in [0.05, 0.1) is 0 Å². The normalized spacial score (nSPS) is 18.0. The van der Waals surface area contributed by atoms with Crippen molar-refractivity contribution in [1.82, 2.24) is 0 Å². The molecule has 0 N–H and O–H groups in total. The summed E-state index contributed by atoms with van der Waals surface area (Å²) >= 11 is 18.5. The lowest BCUT2D eigenvalue weighted by Crippen LogP contribution is -2.34. The van der Waals surface area contributed by atoms with Crippen molar-refractivity contribution in [3.63, 3.8) is 0 Å². The van der Waals surface area contributed by atoms with E-state index in [-0.39, 0.29) is 10.5 Å². The number of hydrogen-bond donors (Lipinski definition) is 0. The molecule has 0 aromatic heterocycles. The summed E-state index contributed by atoms with van der Waals surface area (Å²) in [7, 11) is 0. The van der Waals surface area contributed by atoms with Crippen LogP contribution in [0.5, 0.6) is 0 Å². The van der Waals surface area contributed by atoms with Crippen LogP contribution < -0.4 is 0 Å². The second kappa shape index (κ2) is 4.95. The largest absolute Gasteiger partial charge is 0.346 e. The first-order valence-electron chi connectivity index (χ1n) is 5.15. The third-order valence-corrected chi connectivity index (χ3v) is 9.30. The van der Waals surface area contributed by atoms with Crippen LogP contribution in [0.2, 0.25) is 5.04 Å². The summed E-state index contributed by atoms with van der Waals surface area (Å²) in [5.41, 5.74) is 0.266. The maximum atomic E-state index is 6.17. The van der Waals surface area contributed by atoms with E-state index >= 15 is 0 Å². The predicted molar refractivity (Wildman–Crippen MR) is 70.7 cm³/mol. The molecular formula is C10H21Cl3Si. The van der Waals surface area contributed by atoms with Crippen LogP contribution >= 0.6 is 33.2 Å². The molecule has 0 spiro atoms. The zero-order valence-electron chi connectivity index (χ0n) is 9.76. The summed E-state index contributed by atoms with van der Waals surface area (Å²) in [6.45, 7) is 10.9. The fraction of sp³-hybridized carbons (Fsp3) is 1.00. The fourth-order valence-electron chi connectivity index (χ4n) is 1.61. The van der Waals surface area contributed by atoms with Crippen LogP contribution in [0.25, 0.3) is 0 Å². The van der Waals surface area contributed by atoms with Gasteiger partial charge in [-0.2, -0.15) is 0 Å². The third-order valence-electron chi connectivity index (χ3n) is 3.29. The first-order chi connectivity index (χ1) is 6.08. The minimum Gasteiger partial charge on any atom is -0.125 e. The highest BCUT2D eigenvalue weighted by molar-refractivity contribution is 7.65. The topological polar surface area (TPSA) is 0 Å². The van der Waals surface area contributed by atoms with E-state index < -0.39 is 6.00 Å². The molecule has 0 nitrogen and oxygen atoms in total. The summed E-state index contributed by atoms with van der Waals surface area (Å²) < 4.78 is 0. The summed E-state index contributed by atoms with van der Waals surface area (Å²) in [5.74, 6) is 0. The van der Waals surface area contributed by atoms with Gasteiger partial charge < -0.3 is 0 Å². The van der Waals surface area contributed by atoms with Gasteiger partial charge in [-0.15, -0.1) is 33.2 Å². The average molecular weight is 276 g/mol. The monoisotopic (exact) mass is 274 g/mol. The van der Waals surface area contributed by atoms with Crippen molar-refractivity contribution in [3.05, 3.63) is 0 Å². The standard InChI is InChI=1S/C10H21Cl3Si/c1-6-9(3,4)8-10(5,7-2)14(11,12)13/h6-8H2,1-5H3. The van der Waals surface area contributed by atoms with Crippen LogP contribution in [0, 0.1) is 5.41 Å². The van der Waals surface area contributed by atoms with Crippen LogP contribution in [-0.2, 0) is 0 Å². The van der Waals surface area contributed by atoms with E-state index in [1.54, 1.807) is 0 Å². The Bertz CT molecular complexity index is 186. The summed E-state index contributed by atoms with van der Waals surface area (Å²) in [6.07, 6.45) is 3.06. The lowest BCUT2D eigenvalue weighted by atomic mass is 9.80. The Labute approximate surface area is 103 Å². The van der Waals surface area contributed by atoms with E-state index in [0.29, 0.717) is 0 Å². The van der Waals surface area contributed by atoms with Crippen LogP contribution in [0.1, 0.15) is 53.9 Å². The molecule has 0 aliphatic carbocycles. The van der Waals surface area contributed by atoms with Crippen molar-refractivity contribution in [2.24, 2.45) is 5.41 Å². The maximum Gasteiger partial charge on any atom is 0.346 e. The van der Waals surface area contributed by atoms with E-state index in [2.05, 4.69) is 34.6 Å². The van der Waals surface area contributed by atoms with Crippen LogP contribution in [0.4, 0.5) is 0 Å². The van der Waals surface area contributed by atoms with Gasteiger partial charge in [-0.05, 0) is 18.3 Å². The zero-order valence-corrected chi connectivity index (χ0v) is 13.0. The molecule has 0 rings (SSSR count). The van der Waals surface area contributed by atoms with E-state index in [1.165, 1.54) is 0 Å². The van der Waals surface area contributed by atoms with Crippen molar-refractivity contribution in [2.75, 3.05) is 0 Å². The second-order valence-corrected chi connectivity index (χ2v) is 14.2. The minimum absolute atomic E-state index is 0.100. The van der Waals surface area contributed by atoms with E-state index in [0.717, 1.165) is 19.3 Å². The molecular weight excluding hydrogens is 255 g/mol. The first-order valence-corrected chi connectivity index (χ1v) is 10.2. The van der Waals surface area contributed by atoms with Gasteiger partial charge in [0, 0.05) is 5.04 Å². The second-order valence-electron chi connectivity index (χ2n) is 5.11. The smallest absolute Gasteiger partial charge is 0.125 e. The molecule has 0 radical (unpaired) electrons. The van der Waals surface area contributed by atoms with E-state index in [1.807, 2.05) is 0 Å². The summed E-state index contributed by atoms with van der Waals surface area (Å²) in [4.78, 5) is 0. The molecule has 0 aliphatic heterocycles. The zero-order chi connectivity index (χ0) is 11.6. The lowest BCUT2D eigenvalue weighted by Gasteiger charge is -2.40. The molecule has 0 heterocycles. The SMILES string of the molecule is CCC(C)(C)CC(C)(CC)[Si](Cl)(Cl)Cl. The Morgan fingerprint density at radius 2 is 1.36 bits per heavy atom. The van der Waals surface area contributed by atoms with Crippen molar-refractivity contribution in [3.8, 4) is 0 Å². The molecule has 0 fully saturated rings.